The minimum absolute atomic E-state index is 0.117. The van der Waals surface area contributed by atoms with Crippen molar-refractivity contribution in [2.24, 2.45) is 0 Å². The highest BCUT2D eigenvalue weighted by Crippen LogP contribution is 2.22. The average Bonchev–Trinajstić information content (AvgIpc) is 2.39. The molecular weight excluding hydrogens is 229 g/mol. The van der Waals surface area contributed by atoms with Crippen molar-refractivity contribution in [3.8, 4) is 0 Å². The van der Waals surface area contributed by atoms with E-state index in [4.69, 9.17) is 10.1 Å². The first-order valence-electron chi connectivity index (χ1n) is 4.22. The Kier molecular flexibility index (Phi) is 3.92. The molecule has 0 atom stereocenters. The summed E-state index contributed by atoms with van der Waals surface area (Å²) in [6, 6.07) is 0. The Morgan fingerprint density at radius 2 is 2.20 bits per heavy atom. The molecule has 0 aliphatic rings. The fourth-order valence-electron chi connectivity index (χ4n) is 1.08. The fourth-order valence-corrected chi connectivity index (χ4v) is 2.00. The number of hydrogen-bond acceptors (Lipinski definition) is 3. The van der Waals surface area contributed by atoms with E-state index in [0.717, 1.165) is 11.3 Å². The molecule has 1 aromatic rings. The summed E-state index contributed by atoms with van der Waals surface area (Å²) in [6.07, 6.45) is -3.82. The lowest BCUT2D eigenvalue weighted by Gasteiger charge is -2.02. The molecule has 1 rings (SSSR count). The molecule has 0 saturated heterocycles. The summed E-state index contributed by atoms with van der Waals surface area (Å²) in [5.41, 5.74) is 0. The molecule has 3 nitrogen and oxygen atoms in total. The summed E-state index contributed by atoms with van der Waals surface area (Å²) >= 11 is 0.846. The van der Waals surface area contributed by atoms with E-state index in [1.807, 2.05) is 0 Å². The zero-order valence-electron chi connectivity index (χ0n) is 8.10. The highest BCUT2D eigenvalue weighted by molar-refractivity contribution is 7.09. The maximum atomic E-state index is 12.0. The van der Waals surface area contributed by atoms with Crippen molar-refractivity contribution < 1.29 is 17.9 Å². The van der Waals surface area contributed by atoms with E-state index in [1.54, 1.807) is 0 Å². The van der Waals surface area contributed by atoms with Gasteiger partial charge in [0.25, 0.3) is 0 Å². The molecule has 15 heavy (non-hydrogen) atoms. The molecule has 86 valence electrons. The number of thiazole rings is 1. The van der Waals surface area contributed by atoms with Gasteiger partial charge in [-0.25, -0.2) is 0 Å². The Labute approximate surface area is 88.6 Å². The third-order valence-corrected chi connectivity index (χ3v) is 2.64. The first-order valence-corrected chi connectivity index (χ1v) is 5.03. The third kappa shape index (κ3) is 4.05. The van der Waals surface area contributed by atoms with Gasteiger partial charge in [-0.3, -0.25) is 5.41 Å². The molecule has 0 radical (unpaired) electrons. The number of hydrogen-bond donors (Lipinski definition) is 1. The van der Waals surface area contributed by atoms with Gasteiger partial charge in [0.05, 0.1) is 13.0 Å². The highest BCUT2D eigenvalue weighted by atomic mass is 32.1. The van der Waals surface area contributed by atoms with E-state index in [2.05, 4.69) is 0 Å². The van der Waals surface area contributed by atoms with E-state index in [-0.39, 0.29) is 9.68 Å². The Morgan fingerprint density at radius 3 is 2.73 bits per heavy atom. The molecule has 0 unspecified atom stereocenters. The van der Waals surface area contributed by atoms with Gasteiger partial charge < -0.3 is 9.30 Å². The molecule has 0 aliphatic carbocycles. The van der Waals surface area contributed by atoms with Crippen molar-refractivity contribution in [2.75, 3.05) is 13.7 Å². The van der Waals surface area contributed by atoms with Crippen LogP contribution in [0.5, 0.6) is 0 Å². The summed E-state index contributed by atoms with van der Waals surface area (Å²) < 4.78 is 42.4. The second-order valence-corrected chi connectivity index (χ2v) is 4.10. The summed E-state index contributed by atoms with van der Waals surface area (Å²) in [5.74, 6) is 0. The van der Waals surface area contributed by atoms with Gasteiger partial charge in [0.1, 0.15) is 0 Å². The van der Waals surface area contributed by atoms with Gasteiger partial charge in [-0.05, 0) is 0 Å². The van der Waals surface area contributed by atoms with Crippen LogP contribution in [0, 0.1) is 5.41 Å². The SMILES string of the molecule is COCCn1cc(CC(F)(F)F)sc1=N. The van der Waals surface area contributed by atoms with Crippen LogP contribution < -0.4 is 4.80 Å². The largest absolute Gasteiger partial charge is 0.393 e. The zero-order valence-corrected chi connectivity index (χ0v) is 8.91. The van der Waals surface area contributed by atoms with Gasteiger partial charge in [0.15, 0.2) is 4.80 Å². The lowest BCUT2D eigenvalue weighted by Crippen LogP contribution is -2.15. The predicted octanol–water partition coefficient (Wildman–Crippen LogP) is 1.78. The Morgan fingerprint density at radius 1 is 1.53 bits per heavy atom. The minimum Gasteiger partial charge on any atom is -0.383 e. The molecule has 0 saturated carbocycles. The van der Waals surface area contributed by atoms with Crippen LogP contribution in [0.1, 0.15) is 4.88 Å². The van der Waals surface area contributed by atoms with Crippen molar-refractivity contribution >= 4 is 11.3 Å². The number of rotatable bonds is 4. The van der Waals surface area contributed by atoms with Crippen molar-refractivity contribution in [2.45, 2.75) is 19.1 Å². The average molecular weight is 240 g/mol. The van der Waals surface area contributed by atoms with Crippen molar-refractivity contribution in [1.82, 2.24) is 4.57 Å². The van der Waals surface area contributed by atoms with Crippen molar-refractivity contribution in [1.29, 1.82) is 5.41 Å². The summed E-state index contributed by atoms with van der Waals surface area (Å²) in [7, 11) is 1.51. The molecule has 0 spiro atoms. The van der Waals surface area contributed by atoms with Crippen molar-refractivity contribution in [3.05, 3.63) is 15.9 Å². The number of ether oxygens (including phenoxy) is 1. The number of nitrogens with one attached hydrogen (secondary N) is 1. The molecule has 0 aromatic carbocycles. The zero-order chi connectivity index (χ0) is 11.5. The molecular formula is C8H11F3N2OS. The van der Waals surface area contributed by atoms with Crippen LogP contribution in [0.2, 0.25) is 0 Å². The Hall–Kier alpha value is -0.820. The van der Waals surface area contributed by atoms with Gasteiger partial charge in [-0.1, -0.05) is 0 Å². The first kappa shape index (κ1) is 12.3. The number of alkyl halides is 3. The lowest BCUT2D eigenvalue weighted by molar-refractivity contribution is -0.126. The van der Waals surface area contributed by atoms with Gasteiger partial charge in [0, 0.05) is 24.7 Å². The van der Waals surface area contributed by atoms with Crippen LogP contribution in [-0.4, -0.2) is 24.5 Å². The summed E-state index contributed by atoms with van der Waals surface area (Å²) in [5, 5.41) is 7.44. The molecule has 1 aromatic heterocycles. The van der Waals surface area contributed by atoms with Crippen LogP contribution in [-0.2, 0) is 17.7 Å². The van der Waals surface area contributed by atoms with E-state index in [9.17, 15) is 13.2 Å². The standard InChI is InChI=1S/C8H11F3N2OS/c1-14-3-2-13-5-6(15-7(13)12)4-8(9,10)11/h5,12H,2-4H2,1H3. The third-order valence-electron chi connectivity index (χ3n) is 1.70. The van der Waals surface area contributed by atoms with E-state index >= 15 is 0 Å². The van der Waals surface area contributed by atoms with E-state index < -0.39 is 12.6 Å². The topological polar surface area (TPSA) is 38.0 Å². The molecule has 7 heteroatoms. The molecule has 0 amide bonds. The first-order chi connectivity index (χ1) is 6.92. The maximum Gasteiger partial charge on any atom is 0.393 e. The van der Waals surface area contributed by atoms with Gasteiger partial charge in [-0.15, -0.1) is 11.3 Å². The van der Waals surface area contributed by atoms with E-state index in [1.165, 1.54) is 17.9 Å². The van der Waals surface area contributed by atoms with E-state index in [0.29, 0.717) is 13.2 Å². The molecule has 0 fully saturated rings. The smallest absolute Gasteiger partial charge is 0.383 e. The van der Waals surface area contributed by atoms with Crippen LogP contribution in [0.25, 0.3) is 0 Å². The van der Waals surface area contributed by atoms with Gasteiger partial charge in [0.2, 0.25) is 0 Å². The van der Waals surface area contributed by atoms with Crippen LogP contribution in [0.15, 0.2) is 6.20 Å². The second kappa shape index (κ2) is 4.80. The maximum absolute atomic E-state index is 12.0. The van der Waals surface area contributed by atoms with Crippen molar-refractivity contribution in [3.63, 3.8) is 0 Å². The normalized spacial score (nSPS) is 12.0. The second-order valence-electron chi connectivity index (χ2n) is 2.98. The molecule has 1 N–H and O–H groups in total. The van der Waals surface area contributed by atoms with Gasteiger partial charge in [-0.2, -0.15) is 13.2 Å². The minimum atomic E-state index is -4.21. The Balaban J connectivity index is 2.73. The monoisotopic (exact) mass is 240 g/mol. The Bertz CT molecular complexity index is 369. The van der Waals surface area contributed by atoms with Crippen LogP contribution >= 0.6 is 11.3 Å². The highest BCUT2D eigenvalue weighted by Gasteiger charge is 2.28. The number of methoxy groups -OCH3 is 1. The number of halogens is 3. The molecule has 0 bridgehead atoms. The molecule has 0 aliphatic heterocycles. The summed E-state index contributed by atoms with van der Waals surface area (Å²) in [6.45, 7) is 0.794. The number of nitrogens with zero attached hydrogens (tertiary/aromatic N) is 1. The predicted molar refractivity (Wildman–Crippen MR) is 49.8 cm³/mol. The van der Waals surface area contributed by atoms with Crippen LogP contribution in [0.4, 0.5) is 13.2 Å². The quantitative estimate of drug-likeness (QED) is 0.856. The lowest BCUT2D eigenvalue weighted by atomic mass is 10.4. The molecule has 1 heterocycles. The van der Waals surface area contributed by atoms with Crippen LogP contribution in [0.3, 0.4) is 0 Å². The van der Waals surface area contributed by atoms with Gasteiger partial charge >= 0.3 is 6.18 Å². The summed E-state index contributed by atoms with van der Waals surface area (Å²) in [4.78, 5) is 0.273. The fraction of sp³-hybridized carbons (Fsp3) is 0.625. The number of aromatic nitrogens is 1.